The molecule has 10 heteroatoms. The van der Waals surface area contributed by atoms with Crippen molar-refractivity contribution in [2.45, 2.75) is 69.5 Å². The second kappa shape index (κ2) is 7.11. The van der Waals surface area contributed by atoms with Gasteiger partial charge in [-0.15, -0.1) is 0 Å². The molecule has 0 radical (unpaired) electrons. The van der Waals surface area contributed by atoms with Crippen LogP contribution in [0.5, 0.6) is 5.88 Å². The zero-order chi connectivity index (χ0) is 23.8. The zero-order valence-electron chi connectivity index (χ0n) is 19.2. The third-order valence-corrected chi connectivity index (χ3v) is 6.89. The number of hydrogen-bond donors (Lipinski definition) is 1. The van der Waals surface area contributed by atoms with E-state index in [4.69, 9.17) is 9.47 Å². The number of anilines is 1. The molecule has 3 aromatic heterocycles. The summed E-state index contributed by atoms with van der Waals surface area (Å²) in [6.45, 7) is 6.39. The van der Waals surface area contributed by atoms with E-state index in [-0.39, 0.29) is 34.4 Å². The van der Waals surface area contributed by atoms with Crippen LogP contribution in [0.1, 0.15) is 56.4 Å². The first-order valence-corrected chi connectivity index (χ1v) is 11.5. The molecule has 1 amide bonds. The predicted molar refractivity (Wildman–Crippen MR) is 122 cm³/mol. The minimum atomic E-state index is -1.03. The second-order valence-corrected chi connectivity index (χ2v) is 10.2. The first-order chi connectivity index (χ1) is 16.2. The van der Waals surface area contributed by atoms with Gasteiger partial charge in [-0.1, -0.05) is 0 Å². The Balaban J connectivity index is 1.35. The molecule has 2 bridgehead atoms. The number of carbonyl (C=O) groups is 1. The first kappa shape index (κ1) is 21.3. The molecule has 2 atom stereocenters. The minimum Gasteiger partial charge on any atom is -0.474 e. The van der Waals surface area contributed by atoms with Crippen LogP contribution in [-0.2, 0) is 10.3 Å². The van der Waals surface area contributed by atoms with Crippen LogP contribution in [0.3, 0.4) is 0 Å². The lowest BCUT2D eigenvalue weighted by Gasteiger charge is -2.42. The number of halogens is 1. The smallest absolute Gasteiger partial charge is 0.274 e. The molecule has 0 aromatic carbocycles. The Morgan fingerprint density at radius 1 is 1.38 bits per heavy atom. The number of amides is 1. The molecule has 2 aliphatic heterocycles. The van der Waals surface area contributed by atoms with Gasteiger partial charge >= 0.3 is 0 Å². The normalized spacial score (nSPS) is 29.3. The lowest BCUT2D eigenvalue weighted by molar-refractivity contribution is 0.00381. The Bertz CT molecular complexity index is 1370. The third-order valence-electron chi connectivity index (χ3n) is 6.89. The average Bonchev–Trinajstić information content (AvgIpc) is 3.08. The van der Waals surface area contributed by atoms with E-state index < -0.39 is 23.7 Å². The highest BCUT2D eigenvalue weighted by molar-refractivity contribution is 6.07. The van der Waals surface area contributed by atoms with Crippen LogP contribution in [0, 0.1) is 0 Å². The average molecular weight is 468 g/mol. The van der Waals surface area contributed by atoms with E-state index in [1.807, 2.05) is 24.7 Å². The molecule has 4 fully saturated rings. The monoisotopic (exact) mass is 467 g/mol. The number of pyridine rings is 2. The highest BCUT2D eigenvalue weighted by atomic mass is 19.1. The molecule has 178 valence electrons. The molecule has 5 heterocycles. The number of aromatic nitrogens is 4. The molecule has 2 unspecified atom stereocenters. The van der Waals surface area contributed by atoms with Crippen LogP contribution in [0.2, 0.25) is 0 Å². The summed E-state index contributed by atoms with van der Waals surface area (Å²) < 4.78 is 28.5. The van der Waals surface area contributed by atoms with Gasteiger partial charge in [-0.3, -0.25) is 14.3 Å². The molecule has 7 rings (SSSR count). The van der Waals surface area contributed by atoms with Crippen LogP contribution in [0.15, 0.2) is 35.4 Å². The van der Waals surface area contributed by atoms with Crippen molar-refractivity contribution in [1.29, 1.82) is 0 Å². The van der Waals surface area contributed by atoms with Crippen molar-refractivity contribution in [3.05, 3.63) is 46.5 Å². The van der Waals surface area contributed by atoms with Crippen molar-refractivity contribution in [1.82, 2.24) is 19.3 Å². The number of alkyl halides is 1. The summed E-state index contributed by atoms with van der Waals surface area (Å²) in [5, 5.41) is 8.03. The molecule has 2 saturated heterocycles. The topological polar surface area (TPSA) is 100 Å². The Hall–Kier alpha value is -3.27. The summed E-state index contributed by atoms with van der Waals surface area (Å²) in [6.07, 6.45) is 4.25. The van der Waals surface area contributed by atoms with Crippen LogP contribution in [0.4, 0.5) is 10.1 Å². The fraction of sp³-hybridized carbons (Fsp3) is 0.500. The molecular formula is C24H26FN5O4. The summed E-state index contributed by atoms with van der Waals surface area (Å²) in [5.41, 5.74) is 0.0451. The number of hydrogen-bond acceptors (Lipinski definition) is 6. The lowest BCUT2D eigenvalue weighted by Crippen LogP contribution is -2.49. The van der Waals surface area contributed by atoms with Gasteiger partial charge in [0.25, 0.3) is 11.5 Å². The van der Waals surface area contributed by atoms with Gasteiger partial charge in [-0.25, -0.2) is 4.39 Å². The second-order valence-electron chi connectivity index (χ2n) is 10.2. The summed E-state index contributed by atoms with van der Waals surface area (Å²) in [7, 11) is 0. The van der Waals surface area contributed by atoms with Gasteiger partial charge in [0.05, 0.1) is 29.9 Å². The van der Waals surface area contributed by atoms with Gasteiger partial charge in [-0.2, -0.15) is 10.1 Å². The SMILES string of the molecule is CC(C)Oc1nc2nn([C@]34CO[C@](C)(C3)C4)cc2cc1C(=O)Nc1cccn(C2CC2F)c1=O. The van der Waals surface area contributed by atoms with E-state index in [9.17, 15) is 14.0 Å². The quantitative estimate of drug-likeness (QED) is 0.598. The molecule has 2 aliphatic carbocycles. The lowest BCUT2D eigenvalue weighted by atomic mass is 9.69. The predicted octanol–water partition coefficient (Wildman–Crippen LogP) is 3.19. The number of nitrogens with one attached hydrogen (secondary N) is 1. The van der Waals surface area contributed by atoms with Crippen LogP contribution >= 0.6 is 0 Å². The molecular weight excluding hydrogens is 441 g/mol. The zero-order valence-corrected chi connectivity index (χ0v) is 19.2. The maximum atomic E-state index is 13.5. The molecule has 0 spiro atoms. The fourth-order valence-electron chi connectivity index (χ4n) is 5.24. The van der Waals surface area contributed by atoms with Crippen molar-refractivity contribution < 1.29 is 18.7 Å². The van der Waals surface area contributed by atoms with E-state index in [1.165, 1.54) is 16.8 Å². The van der Waals surface area contributed by atoms with Gasteiger partial charge < -0.3 is 19.4 Å². The highest BCUT2D eigenvalue weighted by Gasteiger charge is 2.61. The van der Waals surface area contributed by atoms with E-state index in [1.54, 1.807) is 12.1 Å². The van der Waals surface area contributed by atoms with Gasteiger partial charge in [0, 0.05) is 37.0 Å². The van der Waals surface area contributed by atoms with E-state index in [0.717, 1.165) is 12.8 Å². The van der Waals surface area contributed by atoms with Gasteiger partial charge in [0.2, 0.25) is 5.88 Å². The van der Waals surface area contributed by atoms with Gasteiger partial charge in [0.1, 0.15) is 17.4 Å². The summed E-state index contributed by atoms with van der Waals surface area (Å²) in [4.78, 5) is 30.5. The molecule has 3 aromatic rings. The Morgan fingerprint density at radius 2 is 2.15 bits per heavy atom. The Kier molecular flexibility index (Phi) is 4.45. The maximum absolute atomic E-state index is 13.5. The highest BCUT2D eigenvalue weighted by Crippen LogP contribution is 2.55. The fourth-order valence-corrected chi connectivity index (χ4v) is 5.24. The molecule has 9 nitrogen and oxygen atoms in total. The largest absolute Gasteiger partial charge is 0.474 e. The molecule has 34 heavy (non-hydrogen) atoms. The first-order valence-electron chi connectivity index (χ1n) is 11.5. The van der Waals surface area contributed by atoms with Gasteiger partial charge in [-0.05, 0) is 39.0 Å². The minimum absolute atomic E-state index is 0.0774. The Morgan fingerprint density at radius 3 is 2.79 bits per heavy atom. The number of fused-ring (bicyclic) bond motifs is 2. The molecule has 2 saturated carbocycles. The van der Waals surface area contributed by atoms with Crippen LogP contribution < -0.4 is 15.6 Å². The third kappa shape index (κ3) is 3.31. The number of nitrogens with zero attached hydrogens (tertiary/aromatic N) is 4. The summed E-state index contributed by atoms with van der Waals surface area (Å²) >= 11 is 0. The van der Waals surface area contributed by atoms with E-state index in [2.05, 4.69) is 22.3 Å². The maximum Gasteiger partial charge on any atom is 0.274 e. The number of rotatable bonds is 6. The van der Waals surface area contributed by atoms with Gasteiger partial charge in [0.15, 0.2) is 5.65 Å². The van der Waals surface area contributed by atoms with Crippen molar-refractivity contribution in [2.75, 3.05) is 11.9 Å². The summed E-state index contributed by atoms with van der Waals surface area (Å²) in [6, 6.07) is 4.34. The van der Waals surface area contributed by atoms with Crippen LogP contribution in [-0.4, -0.2) is 49.7 Å². The Labute approximate surface area is 194 Å². The number of ether oxygens (including phenoxy) is 2. The molecule has 1 N–H and O–H groups in total. The van der Waals surface area contributed by atoms with E-state index in [0.29, 0.717) is 24.1 Å². The number of carbonyl (C=O) groups excluding carboxylic acids is 1. The van der Waals surface area contributed by atoms with Crippen molar-refractivity contribution in [3.63, 3.8) is 0 Å². The van der Waals surface area contributed by atoms with E-state index >= 15 is 0 Å². The van der Waals surface area contributed by atoms with Crippen molar-refractivity contribution in [3.8, 4) is 5.88 Å². The van der Waals surface area contributed by atoms with Crippen molar-refractivity contribution in [2.24, 2.45) is 0 Å². The van der Waals surface area contributed by atoms with Crippen molar-refractivity contribution >= 4 is 22.6 Å². The standard InChI is InChI=1S/C24H26FN5O4/c1-13(2)34-21-15(20(31)26-17-5-4-6-29(22(17)32)18-8-16(18)25)7-14-9-30(28-19(14)27-21)24-10-23(3,11-24)33-12-24/h4-7,9,13,16,18H,8,10-12H2,1-3H3,(H,26,31)/t16?,18?,23-,24-. The summed E-state index contributed by atoms with van der Waals surface area (Å²) in [5.74, 6) is -0.384. The molecule has 4 aliphatic rings. The van der Waals surface area contributed by atoms with Crippen LogP contribution in [0.25, 0.3) is 11.0 Å².